The number of anilines is 2. The maximum absolute atomic E-state index is 13.0. The molecule has 2 aromatic rings. The number of amides is 1. The van der Waals surface area contributed by atoms with E-state index in [4.69, 9.17) is 17.3 Å². The standard InChI is InChI=1S/C11H7ClF2N4O/c12-7-2-9(14)8(13)1-6(7)10(19)18-11-16-3-5(15)4-17-11/h1-4H,15H2,(H,16,17,18,19). The summed E-state index contributed by atoms with van der Waals surface area (Å²) in [5.41, 5.74) is 5.48. The van der Waals surface area contributed by atoms with Crippen molar-refractivity contribution in [3.05, 3.63) is 46.7 Å². The molecule has 1 aromatic heterocycles. The van der Waals surface area contributed by atoms with Crippen LogP contribution in [0, 0.1) is 11.6 Å². The molecule has 0 saturated heterocycles. The molecule has 3 N–H and O–H groups in total. The van der Waals surface area contributed by atoms with Gasteiger partial charge in [-0.25, -0.2) is 18.7 Å². The Bertz CT molecular complexity index is 633. The van der Waals surface area contributed by atoms with E-state index in [-0.39, 0.29) is 16.5 Å². The highest BCUT2D eigenvalue weighted by molar-refractivity contribution is 6.34. The average molecular weight is 285 g/mol. The average Bonchev–Trinajstić information content (AvgIpc) is 2.36. The number of carbonyl (C=O) groups excluding carboxylic acids is 1. The van der Waals surface area contributed by atoms with Crippen molar-refractivity contribution in [1.29, 1.82) is 0 Å². The van der Waals surface area contributed by atoms with E-state index in [9.17, 15) is 13.6 Å². The molecule has 98 valence electrons. The van der Waals surface area contributed by atoms with Gasteiger partial charge in [0.25, 0.3) is 5.91 Å². The number of hydrogen-bond donors (Lipinski definition) is 2. The number of nitrogens with one attached hydrogen (secondary N) is 1. The summed E-state index contributed by atoms with van der Waals surface area (Å²) < 4.78 is 25.9. The fraction of sp³-hybridized carbons (Fsp3) is 0. The Labute approximate surface area is 111 Å². The van der Waals surface area contributed by atoms with Crippen LogP contribution in [0.1, 0.15) is 10.4 Å². The quantitative estimate of drug-likeness (QED) is 0.829. The van der Waals surface area contributed by atoms with Gasteiger partial charge in [0.15, 0.2) is 11.6 Å². The van der Waals surface area contributed by atoms with Crippen LogP contribution < -0.4 is 11.1 Å². The van der Waals surface area contributed by atoms with Crippen molar-refractivity contribution in [2.75, 3.05) is 11.1 Å². The number of nitrogens with zero attached hydrogens (tertiary/aromatic N) is 2. The van der Waals surface area contributed by atoms with Crippen molar-refractivity contribution < 1.29 is 13.6 Å². The highest BCUT2D eigenvalue weighted by Gasteiger charge is 2.15. The lowest BCUT2D eigenvalue weighted by atomic mass is 10.2. The first-order valence-electron chi connectivity index (χ1n) is 5.01. The third-order valence-electron chi connectivity index (χ3n) is 2.15. The molecule has 0 aliphatic heterocycles. The van der Waals surface area contributed by atoms with Crippen LogP contribution in [0.4, 0.5) is 20.4 Å². The van der Waals surface area contributed by atoms with E-state index in [1.54, 1.807) is 0 Å². The molecule has 0 saturated carbocycles. The summed E-state index contributed by atoms with van der Waals surface area (Å²) in [6.07, 6.45) is 2.57. The maximum Gasteiger partial charge on any atom is 0.259 e. The molecule has 0 radical (unpaired) electrons. The summed E-state index contributed by atoms with van der Waals surface area (Å²) in [5, 5.41) is 2.07. The van der Waals surface area contributed by atoms with E-state index < -0.39 is 17.5 Å². The van der Waals surface area contributed by atoms with Crippen molar-refractivity contribution >= 4 is 29.1 Å². The van der Waals surface area contributed by atoms with Gasteiger partial charge in [-0.1, -0.05) is 11.6 Å². The molecular weight excluding hydrogens is 278 g/mol. The third-order valence-corrected chi connectivity index (χ3v) is 2.46. The van der Waals surface area contributed by atoms with Crippen LogP contribution in [0.3, 0.4) is 0 Å². The molecule has 0 aliphatic rings. The summed E-state index contributed by atoms with van der Waals surface area (Å²) >= 11 is 5.66. The molecular formula is C11H7ClF2N4O. The van der Waals surface area contributed by atoms with E-state index in [0.717, 1.165) is 6.07 Å². The molecule has 19 heavy (non-hydrogen) atoms. The van der Waals surface area contributed by atoms with Gasteiger partial charge in [0.2, 0.25) is 5.95 Å². The molecule has 1 aromatic carbocycles. The molecule has 1 heterocycles. The minimum atomic E-state index is -1.17. The van der Waals surface area contributed by atoms with E-state index in [2.05, 4.69) is 15.3 Å². The Balaban J connectivity index is 2.25. The van der Waals surface area contributed by atoms with E-state index in [1.165, 1.54) is 12.4 Å². The zero-order chi connectivity index (χ0) is 14.0. The number of nitrogen functional groups attached to an aromatic ring is 1. The number of rotatable bonds is 2. The number of nitrogens with two attached hydrogens (primary N) is 1. The largest absolute Gasteiger partial charge is 0.396 e. The van der Waals surface area contributed by atoms with Gasteiger partial charge in [-0.3, -0.25) is 10.1 Å². The number of halogens is 3. The van der Waals surface area contributed by atoms with Crippen LogP contribution in [0.25, 0.3) is 0 Å². The molecule has 5 nitrogen and oxygen atoms in total. The molecule has 0 spiro atoms. The Hall–Kier alpha value is -2.28. The van der Waals surface area contributed by atoms with Gasteiger partial charge in [0.05, 0.1) is 28.7 Å². The summed E-state index contributed by atoms with van der Waals surface area (Å²) in [5.74, 6) is -3.09. The van der Waals surface area contributed by atoms with Crippen molar-refractivity contribution in [3.8, 4) is 0 Å². The van der Waals surface area contributed by atoms with Crippen molar-refractivity contribution in [2.45, 2.75) is 0 Å². The molecule has 0 fully saturated rings. The predicted octanol–water partition coefficient (Wildman–Crippen LogP) is 2.24. The van der Waals surface area contributed by atoms with Gasteiger partial charge in [-0.15, -0.1) is 0 Å². The smallest absolute Gasteiger partial charge is 0.259 e. The van der Waals surface area contributed by atoms with Crippen molar-refractivity contribution in [3.63, 3.8) is 0 Å². The van der Waals surface area contributed by atoms with Crippen molar-refractivity contribution in [1.82, 2.24) is 9.97 Å². The second-order valence-corrected chi connectivity index (χ2v) is 3.95. The molecule has 0 aliphatic carbocycles. The fourth-order valence-electron chi connectivity index (χ4n) is 1.27. The summed E-state index contributed by atoms with van der Waals surface area (Å²) in [6.45, 7) is 0. The SMILES string of the molecule is Nc1cnc(NC(=O)c2cc(F)c(F)cc2Cl)nc1. The van der Waals surface area contributed by atoms with Gasteiger partial charge in [0, 0.05) is 0 Å². The topological polar surface area (TPSA) is 80.9 Å². The first-order chi connectivity index (χ1) is 8.97. The first kappa shape index (κ1) is 13.2. The second-order valence-electron chi connectivity index (χ2n) is 3.54. The minimum Gasteiger partial charge on any atom is -0.396 e. The monoisotopic (exact) mass is 284 g/mol. The highest BCUT2D eigenvalue weighted by Crippen LogP contribution is 2.20. The molecule has 0 unspecified atom stereocenters. The van der Waals surface area contributed by atoms with E-state index in [0.29, 0.717) is 11.8 Å². The van der Waals surface area contributed by atoms with Gasteiger partial charge < -0.3 is 5.73 Å². The van der Waals surface area contributed by atoms with Crippen LogP contribution >= 0.6 is 11.6 Å². The van der Waals surface area contributed by atoms with Gasteiger partial charge in [-0.05, 0) is 12.1 Å². The Kier molecular flexibility index (Phi) is 3.57. The number of hydrogen-bond acceptors (Lipinski definition) is 4. The molecule has 0 bridgehead atoms. The first-order valence-corrected chi connectivity index (χ1v) is 5.38. The normalized spacial score (nSPS) is 10.3. The van der Waals surface area contributed by atoms with E-state index in [1.807, 2.05) is 0 Å². The van der Waals surface area contributed by atoms with Crippen LogP contribution in [0.15, 0.2) is 24.5 Å². The van der Waals surface area contributed by atoms with Crippen LogP contribution in [0.5, 0.6) is 0 Å². The molecule has 8 heteroatoms. The molecule has 2 rings (SSSR count). The zero-order valence-corrected chi connectivity index (χ0v) is 10.1. The van der Waals surface area contributed by atoms with Crippen molar-refractivity contribution in [2.24, 2.45) is 0 Å². The fourth-order valence-corrected chi connectivity index (χ4v) is 1.50. The molecule has 1 amide bonds. The Morgan fingerprint density at radius 1 is 1.21 bits per heavy atom. The Morgan fingerprint density at radius 2 is 1.79 bits per heavy atom. The van der Waals surface area contributed by atoms with Crippen LogP contribution in [-0.4, -0.2) is 15.9 Å². The second kappa shape index (κ2) is 5.15. The van der Waals surface area contributed by atoms with E-state index >= 15 is 0 Å². The zero-order valence-electron chi connectivity index (χ0n) is 9.32. The van der Waals surface area contributed by atoms with Gasteiger partial charge >= 0.3 is 0 Å². The third kappa shape index (κ3) is 2.94. The molecule has 0 atom stereocenters. The summed E-state index contributed by atoms with van der Waals surface area (Å²) in [6, 6.07) is 1.42. The number of benzene rings is 1. The van der Waals surface area contributed by atoms with Gasteiger partial charge in [0.1, 0.15) is 0 Å². The van der Waals surface area contributed by atoms with Crippen LogP contribution in [-0.2, 0) is 0 Å². The van der Waals surface area contributed by atoms with Crippen LogP contribution in [0.2, 0.25) is 5.02 Å². The lowest BCUT2D eigenvalue weighted by molar-refractivity contribution is 0.102. The number of aromatic nitrogens is 2. The number of carbonyl (C=O) groups is 1. The lowest BCUT2D eigenvalue weighted by Gasteiger charge is -2.06. The minimum absolute atomic E-state index is 0.0278. The Morgan fingerprint density at radius 3 is 2.42 bits per heavy atom. The summed E-state index contributed by atoms with van der Waals surface area (Å²) in [4.78, 5) is 19.3. The summed E-state index contributed by atoms with van der Waals surface area (Å²) in [7, 11) is 0. The maximum atomic E-state index is 13.0. The highest BCUT2D eigenvalue weighted by atomic mass is 35.5. The predicted molar refractivity (Wildman–Crippen MR) is 65.8 cm³/mol. The lowest BCUT2D eigenvalue weighted by Crippen LogP contribution is -2.15. The van der Waals surface area contributed by atoms with Gasteiger partial charge in [-0.2, -0.15) is 0 Å².